The Balaban J connectivity index is 1.48. The molecule has 1 N–H and O–H groups in total. The second-order valence-corrected chi connectivity index (χ2v) is 6.66. The molecule has 152 valence electrons. The van der Waals surface area contributed by atoms with E-state index in [1.165, 1.54) is 11.9 Å². The van der Waals surface area contributed by atoms with Crippen molar-refractivity contribution in [3.8, 4) is 5.75 Å². The molecule has 8 heteroatoms. The molecule has 2 amide bonds. The van der Waals surface area contributed by atoms with E-state index >= 15 is 0 Å². The second-order valence-electron chi connectivity index (χ2n) is 6.66. The highest BCUT2D eigenvalue weighted by Gasteiger charge is 2.33. The molecule has 0 spiro atoms. The van der Waals surface area contributed by atoms with Crippen LogP contribution in [0.15, 0.2) is 60.7 Å². The molecule has 1 aliphatic heterocycles. The maximum absolute atomic E-state index is 12.8. The summed E-state index contributed by atoms with van der Waals surface area (Å²) in [7, 11) is 1.50. The standard InChI is InChI=1S/C22H19N3O5/c1-23-21(27)19-12-25(17-8-4-5-9-18(17)30-19)20(26)13-29-22(28)16-11-10-14-6-2-3-7-15(14)24-16/h2-11,19H,12-13H2,1H3,(H,23,27). The smallest absolute Gasteiger partial charge is 0.357 e. The van der Waals surface area contributed by atoms with Crippen LogP contribution in [0.5, 0.6) is 5.75 Å². The fraction of sp³-hybridized carbons (Fsp3) is 0.182. The van der Waals surface area contributed by atoms with Gasteiger partial charge in [0.2, 0.25) is 0 Å². The zero-order chi connectivity index (χ0) is 21.1. The predicted molar refractivity (Wildman–Crippen MR) is 109 cm³/mol. The molecular weight excluding hydrogens is 386 g/mol. The molecule has 0 radical (unpaired) electrons. The van der Waals surface area contributed by atoms with Crippen molar-refractivity contribution < 1.29 is 23.9 Å². The number of amides is 2. The van der Waals surface area contributed by atoms with E-state index in [0.717, 1.165) is 5.39 Å². The third-order valence-electron chi connectivity index (χ3n) is 4.75. The molecule has 3 aromatic rings. The number of rotatable bonds is 4. The zero-order valence-electron chi connectivity index (χ0n) is 16.2. The van der Waals surface area contributed by atoms with Crippen molar-refractivity contribution in [1.82, 2.24) is 10.3 Å². The van der Waals surface area contributed by atoms with E-state index in [2.05, 4.69) is 10.3 Å². The normalized spacial score (nSPS) is 15.1. The Morgan fingerprint density at radius 2 is 1.87 bits per heavy atom. The Morgan fingerprint density at radius 1 is 1.10 bits per heavy atom. The minimum absolute atomic E-state index is 0.0152. The van der Waals surface area contributed by atoms with Gasteiger partial charge in [-0.25, -0.2) is 9.78 Å². The molecule has 8 nitrogen and oxygen atoms in total. The number of carbonyl (C=O) groups excluding carboxylic acids is 3. The number of likely N-dealkylation sites (N-methyl/N-ethyl adjacent to an activating group) is 1. The maximum Gasteiger partial charge on any atom is 0.357 e. The molecule has 0 bridgehead atoms. The lowest BCUT2D eigenvalue weighted by atomic mass is 10.1. The second kappa shape index (κ2) is 8.20. The van der Waals surface area contributed by atoms with Crippen molar-refractivity contribution in [3.05, 3.63) is 66.4 Å². The van der Waals surface area contributed by atoms with Crippen molar-refractivity contribution in [1.29, 1.82) is 0 Å². The average molecular weight is 405 g/mol. The van der Waals surface area contributed by atoms with Crippen LogP contribution in [0.3, 0.4) is 0 Å². The Labute approximate surface area is 172 Å². The molecule has 1 unspecified atom stereocenters. The molecule has 4 rings (SSSR count). The predicted octanol–water partition coefficient (Wildman–Crippen LogP) is 1.93. The summed E-state index contributed by atoms with van der Waals surface area (Å²) in [6.07, 6.45) is -0.855. The number of ether oxygens (including phenoxy) is 2. The summed E-state index contributed by atoms with van der Waals surface area (Å²) in [6, 6.07) is 17.6. The fourth-order valence-electron chi connectivity index (χ4n) is 3.23. The van der Waals surface area contributed by atoms with Crippen LogP contribution in [-0.2, 0) is 14.3 Å². The van der Waals surface area contributed by atoms with Crippen molar-refractivity contribution in [3.63, 3.8) is 0 Å². The SMILES string of the molecule is CNC(=O)C1CN(C(=O)COC(=O)c2ccc3ccccc3n2)c2ccccc2O1. The van der Waals surface area contributed by atoms with Crippen LogP contribution in [0.1, 0.15) is 10.5 Å². The van der Waals surface area contributed by atoms with Gasteiger partial charge >= 0.3 is 5.97 Å². The number of aromatic nitrogens is 1. The number of para-hydroxylation sites is 3. The van der Waals surface area contributed by atoms with Crippen LogP contribution in [0.2, 0.25) is 0 Å². The Kier molecular flexibility index (Phi) is 5.30. The number of nitrogens with zero attached hydrogens (tertiary/aromatic N) is 2. The molecule has 0 saturated heterocycles. The first-order valence-corrected chi connectivity index (χ1v) is 9.37. The average Bonchev–Trinajstić information content (AvgIpc) is 2.80. The first kappa shape index (κ1) is 19.4. The maximum atomic E-state index is 12.8. The van der Waals surface area contributed by atoms with Gasteiger partial charge in [0.15, 0.2) is 12.7 Å². The first-order chi connectivity index (χ1) is 14.6. The van der Waals surface area contributed by atoms with Crippen LogP contribution in [0.25, 0.3) is 10.9 Å². The topological polar surface area (TPSA) is 97.8 Å². The third-order valence-corrected chi connectivity index (χ3v) is 4.75. The van der Waals surface area contributed by atoms with Crippen LogP contribution < -0.4 is 15.0 Å². The van der Waals surface area contributed by atoms with Crippen molar-refractivity contribution in [2.24, 2.45) is 0 Å². The molecule has 1 aromatic heterocycles. The van der Waals surface area contributed by atoms with Crippen molar-refractivity contribution in [2.75, 3.05) is 25.1 Å². The van der Waals surface area contributed by atoms with E-state index in [1.807, 2.05) is 18.2 Å². The molecule has 1 atom stereocenters. The lowest BCUT2D eigenvalue weighted by Gasteiger charge is -2.33. The highest BCUT2D eigenvalue weighted by molar-refractivity contribution is 5.99. The number of nitrogens with one attached hydrogen (secondary N) is 1. The lowest BCUT2D eigenvalue weighted by Crippen LogP contribution is -2.51. The molecule has 30 heavy (non-hydrogen) atoms. The third kappa shape index (κ3) is 3.80. The van der Waals surface area contributed by atoms with Crippen LogP contribution >= 0.6 is 0 Å². The van der Waals surface area contributed by atoms with Crippen LogP contribution in [0.4, 0.5) is 5.69 Å². The van der Waals surface area contributed by atoms with Crippen LogP contribution in [0, 0.1) is 0 Å². The van der Waals surface area contributed by atoms with E-state index in [1.54, 1.807) is 42.5 Å². The van der Waals surface area contributed by atoms with E-state index in [4.69, 9.17) is 9.47 Å². The number of fused-ring (bicyclic) bond motifs is 2. The highest BCUT2D eigenvalue weighted by Crippen LogP contribution is 2.33. The van der Waals surface area contributed by atoms with E-state index in [9.17, 15) is 14.4 Å². The van der Waals surface area contributed by atoms with Gasteiger partial charge in [0, 0.05) is 12.4 Å². The summed E-state index contributed by atoms with van der Waals surface area (Å²) in [5.74, 6) is -1.10. The van der Waals surface area contributed by atoms with Gasteiger partial charge in [-0.1, -0.05) is 36.4 Å². The number of carbonyl (C=O) groups is 3. The van der Waals surface area contributed by atoms with E-state index < -0.39 is 24.6 Å². The van der Waals surface area contributed by atoms with Gasteiger partial charge in [-0.05, 0) is 24.3 Å². The summed E-state index contributed by atoms with van der Waals surface area (Å²) in [4.78, 5) is 42.9. The minimum Gasteiger partial charge on any atom is -0.477 e. The monoisotopic (exact) mass is 405 g/mol. The molecule has 1 aliphatic rings. The van der Waals surface area contributed by atoms with Gasteiger partial charge in [-0.15, -0.1) is 0 Å². The summed E-state index contributed by atoms with van der Waals surface area (Å²) in [5, 5.41) is 3.41. The van der Waals surface area contributed by atoms with Crippen molar-refractivity contribution >= 4 is 34.4 Å². The number of anilines is 1. The van der Waals surface area contributed by atoms with E-state index in [0.29, 0.717) is 17.0 Å². The quantitative estimate of drug-likeness (QED) is 0.666. The molecule has 2 heterocycles. The van der Waals surface area contributed by atoms with Gasteiger partial charge in [0.1, 0.15) is 11.4 Å². The number of benzene rings is 2. The molecular formula is C22H19N3O5. The van der Waals surface area contributed by atoms with Crippen LogP contribution in [-0.4, -0.2) is 49.1 Å². The number of hydrogen-bond acceptors (Lipinski definition) is 6. The van der Waals surface area contributed by atoms with E-state index in [-0.39, 0.29) is 18.1 Å². The number of esters is 1. The molecule has 0 fully saturated rings. The van der Waals surface area contributed by atoms with Crippen molar-refractivity contribution in [2.45, 2.75) is 6.10 Å². The van der Waals surface area contributed by atoms with Gasteiger partial charge in [0.25, 0.3) is 11.8 Å². The Bertz CT molecular complexity index is 1130. The number of pyridine rings is 1. The fourth-order valence-corrected chi connectivity index (χ4v) is 3.23. The largest absolute Gasteiger partial charge is 0.477 e. The van der Waals surface area contributed by atoms with Gasteiger partial charge in [-0.2, -0.15) is 0 Å². The number of hydrogen-bond donors (Lipinski definition) is 1. The van der Waals surface area contributed by atoms with Gasteiger partial charge in [0.05, 0.1) is 17.7 Å². The zero-order valence-corrected chi connectivity index (χ0v) is 16.2. The lowest BCUT2D eigenvalue weighted by molar-refractivity contribution is -0.128. The molecule has 0 aliphatic carbocycles. The summed E-state index contributed by atoms with van der Waals surface area (Å²) < 4.78 is 10.9. The minimum atomic E-state index is -0.855. The summed E-state index contributed by atoms with van der Waals surface area (Å²) in [5.41, 5.74) is 1.29. The Hall–Kier alpha value is -3.94. The highest BCUT2D eigenvalue weighted by atomic mass is 16.5. The summed E-state index contributed by atoms with van der Waals surface area (Å²) >= 11 is 0. The molecule has 0 saturated carbocycles. The Morgan fingerprint density at radius 3 is 2.70 bits per heavy atom. The molecule has 2 aromatic carbocycles. The van der Waals surface area contributed by atoms with Gasteiger partial charge < -0.3 is 19.7 Å². The first-order valence-electron chi connectivity index (χ1n) is 9.37. The van der Waals surface area contributed by atoms with Gasteiger partial charge in [-0.3, -0.25) is 9.59 Å². The summed E-state index contributed by atoms with van der Waals surface area (Å²) in [6.45, 7) is -0.469.